The number of nitro groups is 1. The highest BCUT2D eigenvalue weighted by Crippen LogP contribution is 2.21. The highest BCUT2D eigenvalue weighted by atomic mass is 16.6. The first-order valence-electron chi connectivity index (χ1n) is 7.33. The van der Waals surface area contributed by atoms with Crippen molar-refractivity contribution < 1.29 is 9.72 Å². The second-order valence-electron chi connectivity index (χ2n) is 5.20. The number of hydrogen-bond donors (Lipinski definition) is 1. The monoisotopic (exact) mass is 333 g/mol. The summed E-state index contributed by atoms with van der Waals surface area (Å²) < 4.78 is 3.03. The third kappa shape index (κ3) is 4.03. The Morgan fingerprint density at radius 1 is 1.50 bits per heavy atom. The second kappa shape index (κ2) is 7.49. The van der Waals surface area contributed by atoms with Crippen LogP contribution in [0.4, 0.5) is 5.69 Å². The SMILES string of the molecule is Cc1nn(CC(=O)NCCN=Cc2ccnn2C)c(C)c1[N+](=O)[O-]. The maximum Gasteiger partial charge on any atom is 0.312 e. The van der Waals surface area contributed by atoms with Gasteiger partial charge in [0.2, 0.25) is 5.91 Å². The molecule has 1 N–H and O–H groups in total. The Morgan fingerprint density at radius 2 is 2.25 bits per heavy atom. The number of aliphatic imine (C=N–C) groups is 1. The van der Waals surface area contributed by atoms with E-state index in [0.717, 1.165) is 5.69 Å². The molecule has 2 rings (SSSR count). The standard InChI is InChI=1S/C14H19N7O3/c1-10-14(21(23)24)11(2)20(18-10)9-13(22)16-7-6-15-8-12-4-5-17-19(12)3/h4-5,8H,6-7,9H2,1-3H3,(H,16,22). The normalized spacial score (nSPS) is 11.1. The average Bonchev–Trinajstić information content (AvgIpc) is 3.02. The van der Waals surface area contributed by atoms with Gasteiger partial charge in [0.05, 0.1) is 17.2 Å². The molecule has 0 aliphatic heterocycles. The molecule has 0 aliphatic carbocycles. The minimum Gasteiger partial charge on any atom is -0.353 e. The van der Waals surface area contributed by atoms with Gasteiger partial charge in [-0.2, -0.15) is 10.2 Å². The van der Waals surface area contributed by atoms with Crippen LogP contribution >= 0.6 is 0 Å². The van der Waals surface area contributed by atoms with E-state index in [1.807, 2.05) is 13.1 Å². The molecule has 0 unspecified atom stereocenters. The topological polar surface area (TPSA) is 120 Å². The van der Waals surface area contributed by atoms with Crippen LogP contribution < -0.4 is 5.32 Å². The number of nitrogens with one attached hydrogen (secondary N) is 1. The van der Waals surface area contributed by atoms with Crippen LogP contribution in [0.25, 0.3) is 0 Å². The number of hydrogen-bond acceptors (Lipinski definition) is 6. The van der Waals surface area contributed by atoms with Crippen molar-refractivity contribution in [2.45, 2.75) is 20.4 Å². The van der Waals surface area contributed by atoms with E-state index in [1.54, 1.807) is 30.9 Å². The summed E-state index contributed by atoms with van der Waals surface area (Å²) in [6.45, 7) is 3.85. The molecule has 0 bridgehead atoms. The number of aromatic nitrogens is 4. The lowest BCUT2D eigenvalue weighted by Crippen LogP contribution is -2.30. The summed E-state index contributed by atoms with van der Waals surface area (Å²) in [6, 6.07) is 1.83. The quantitative estimate of drug-likeness (QED) is 0.340. The number of aryl methyl sites for hydroxylation is 2. The van der Waals surface area contributed by atoms with Gasteiger partial charge in [0.25, 0.3) is 0 Å². The van der Waals surface area contributed by atoms with E-state index in [9.17, 15) is 14.9 Å². The lowest BCUT2D eigenvalue weighted by atomic mass is 10.3. The molecular weight excluding hydrogens is 314 g/mol. The Balaban J connectivity index is 1.82. The molecule has 1 amide bonds. The molecule has 10 heteroatoms. The van der Waals surface area contributed by atoms with Crippen LogP contribution in [-0.2, 0) is 18.4 Å². The van der Waals surface area contributed by atoms with E-state index in [1.165, 1.54) is 4.68 Å². The Kier molecular flexibility index (Phi) is 5.40. The fourth-order valence-corrected chi connectivity index (χ4v) is 2.23. The number of rotatable bonds is 7. The number of carbonyl (C=O) groups excluding carboxylic acids is 1. The fourth-order valence-electron chi connectivity index (χ4n) is 2.23. The lowest BCUT2D eigenvalue weighted by Gasteiger charge is -2.05. The van der Waals surface area contributed by atoms with Crippen LogP contribution in [0, 0.1) is 24.0 Å². The first-order valence-corrected chi connectivity index (χ1v) is 7.33. The van der Waals surface area contributed by atoms with E-state index in [4.69, 9.17) is 0 Å². The largest absolute Gasteiger partial charge is 0.353 e. The first kappa shape index (κ1) is 17.3. The van der Waals surface area contributed by atoms with E-state index >= 15 is 0 Å². The zero-order chi connectivity index (χ0) is 17.7. The van der Waals surface area contributed by atoms with E-state index in [0.29, 0.717) is 24.5 Å². The molecule has 0 spiro atoms. The van der Waals surface area contributed by atoms with Gasteiger partial charge in [0, 0.05) is 26.0 Å². The van der Waals surface area contributed by atoms with Gasteiger partial charge in [-0.3, -0.25) is 29.3 Å². The van der Waals surface area contributed by atoms with Gasteiger partial charge < -0.3 is 5.32 Å². The van der Waals surface area contributed by atoms with Gasteiger partial charge in [-0.05, 0) is 19.9 Å². The van der Waals surface area contributed by atoms with Crippen LogP contribution in [0.3, 0.4) is 0 Å². The van der Waals surface area contributed by atoms with Crippen LogP contribution in [0.1, 0.15) is 17.1 Å². The van der Waals surface area contributed by atoms with Crippen LogP contribution in [0.2, 0.25) is 0 Å². The maximum atomic E-state index is 11.9. The molecule has 0 aromatic carbocycles. The maximum absolute atomic E-state index is 11.9. The third-order valence-corrected chi connectivity index (χ3v) is 3.46. The molecule has 0 fully saturated rings. The Bertz CT molecular complexity index is 775. The van der Waals surface area contributed by atoms with E-state index in [2.05, 4.69) is 20.5 Å². The van der Waals surface area contributed by atoms with Crippen molar-refractivity contribution >= 4 is 17.8 Å². The summed E-state index contributed by atoms with van der Waals surface area (Å²) >= 11 is 0. The van der Waals surface area contributed by atoms with Gasteiger partial charge in [-0.15, -0.1) is 0 Å². The van der Waals surface area contributed by atoms with Crippen LogP contribution in [0.5, 0.6) is 0 Å². The molecule has 2 heterocycles. The number of nitrogens with zero attached hydrogens (tertiary/aromatic N) is 6. The summed E-state index contributed by atoms with van der Waals surface area (Å²) in [4.78, 5) is 26.5. The minimum atomic E-state index is -0.487. The fraction of sp³-hybridized carbons (Fsp3) is 0.429. The van der Waals surface area contributed by atoms with E-state index in [-0.39, 0.29) is 18.1 Å². The highest BCUT2D eigenvalue weighted by molar-refractivity contribution is 5.77. The van der Waals surface area contributed by atoms with Crippen molar-refractivity contribution in [1.82, 2.24) is 24.9 Å². The molecule has 24 heavy (non-hydrogen) atoms. The predicted molar refractivity (Wildman–Crippen MR) is 87.0 cm³/mol. The van der Waals surface area contributed by atoms with Crippen molar-refractivity contribution in [1.29, 1.82) is 0 Å². The van der Waals surface area contributed by atoms with Crippen molar-refractivity contribution in [3.8, 4) is 0 Å². The molecule has 0 radical (unpaired) electrons. The summed E-state index contributed by atoms with van der Waals surface area (Å²) in [5.74, 6) is -0.272. The van der Waals surface area contributed by atoms with Crippen molar-refractivity contribution in [2.75, 3.05) is 13.1 Å². The summed E-state index contributed by atoms with van der Waals surface area (Å²) in [6.07, 6.45) is 3.36. The van der Waals surface area contributed by atoms with E-state index < -0.39 is 4.92 Å². The van der Waals surface area contributed by atoms with Crippen molar-refractivity contribution in [3.05, 3.63) is 39.5 Å². The Hall–Kier alpha value is -3.04. The highest BCUT2D eigenvalue weighted by Gasteiger charge is 2.22. The van der Waals surface area contributed by atoms with Crippen LogP contribution in [-0.4, -0.2) is 49.7 Å². The Morgan fingerprint density at radius 3 is 2.83 bits per heavy atom. The summed E-state index contributed by atoms with van der Waals surface area (Å²) in [5, 5.41) is 21.7. The zero-order valence-corrected chi connectivity index (χ0v) is 13.8. The van der Waals surface area contributed by atoms with Gasteiger partial charge in [-0.1, -0.05) is 0 Å². The van der Waals surface area contributed by atoms with Gasteiger partial charge >= 0.3 is 5.69 Å². The summed E-state index contributed by atoms with van der Waals surface area (Å²) in [7, 11) is 1.82. The minimum absolute atomic E-state index is 0.0522. The van der Waals surface area contributed by atoms with Gasteiger partial charge in [-0.25, -0.2) is 0 Å². The molecule has 128 valence electrons. The average molecular weight is 333 g/mol. The molecule has 10 nitrogen and oxygen atoms in total. The zero-order valence-electron chi connectivity index (χ0n) is 13.8. The predicted octanol–water partition coefficient (Wildman–Crippen LogP) is 0.377. The van der Waals surface area contributed by atoms with Crippen molar-refractivity contribution in [3.63, 3.8) is 0 Å². The van der Waals surface area contributed by atoms with Crippen LogP contribution in [0.15, 0.2) is 17.3 Å². The van der Waals surface area contributed by atoms with Gasteiger partial charge in [0.15, 0.2) is 0 Å². The molecule has 0 atom stereocenters. The molecule has 0 saturated heterocycles. The Labute approximate surface area is 138 Å². The molecular formula is C14H19N7O3. The molecule has 2 aromatic heterocycles. The molecule has 2 aromatic rings. The number of amides is 1. The number of carbonyl (C=O) groups is 1. The lowest BCUT2D eigenvalue weighted by molar-refractivity contribution is -0.386. The molecule has 0 saturated carbocycles. The molecule has 0 aliphatic rings. The second-order valence-corrected chi connectivity index (χ2v) is 5.20. The summed E-state index contributed by atoms with van der Waals surface area (Å²) in [5.41, 5.74) is 1.48. The third-order valence-electron chi connectivity index (χ3n) is 3.46. The van der Waals surface area contributed by atoms with Gasteiger partial charge in [0.1, 0.15) is 17.9 Å². The van der Waals surface area contributed by atoms with Crippen molar-refractivity contribution in [2.24, 2.45) is 12.0 Å². The smallest absolute Gasteiger partial charge is 0.312 e. The first-order chi connectivity index (χ1) is 11.4.